The topological polar surface area (TPSA) is 38.3 Å². The standard InChI is InChI=1S/C13H15Cl2NO2/c1-9(2)8-18-7-6-16-13(17)12-10(14)4-3-5-11(12)15/h3-5H,1,6-8H2,2H3,(H,16,17). The zero-order valence-corrected chi connectivity index (χ0v) is 11.6. The average molecular weight is 288 g/mol. The molecule has 1 amide bonds. The lowest BCUT2D eigenvalue weighted by molar-refractivity contribution is 0.0927. The van der Waals surface area contributed by atoms with Gasteiger partial charge in [0.25, 0.3) is 5.91 Å². The summed E-state index contributed by atoms with van der Waals surface area (Å²) in [6.45, 7) is 6.89. The number of ether oxygens (including phenoxy) is 1. The molecule has 0 radical (unpaired) electrons. The molecule has 1 N–H and O–H groups in total. The van der Waals surface area contributed by atoms with Crippen LogP contribution in [0.25, 0.3) is 0 Å². The van der Waals surface area contributed by atoms with Gasteiger partial charge in [-0.2, -0.15) is 0 Å². The average Bonchev–Trinajstić information content (AvgIpc) is 2.27. The highest BCUT2D eigenvalue weighted by molar-refractivity contribution is 6.39. The predicted molar refractivity (Wildman–Crippen MR) is 74.4 cm³/mol. The predicted octanol–water partition coefficient (Wildman–Crippen LogP) is 3.32. The van der Waals surface area contributed by atoms with Gasteiger partial charge in [-0.1, -0.05) is 41.4 Å². The Labute approximate surface area is 117 Å². The van der Waals surface area contributed by atoms with Crippen molar-refractivity contribution in [1.29, 1.82) is 0 Å². The van der Waals surface area contributed by atoms with Crippen LogP contribution in [0.15, 0.2) is 30.4 Å². The normalized spacial score (nSPS) is 10.2. The summed E-state index contributed by atoms with van der Waals surface area (Å²) < 4.78 is 5.26. The first-order valence-electron chi connectivity index (χ1n) is 5.46. The highest BCUT2D eigenvalue weighted by atomic mass is 35.5. The third kappa shape index (κ3) is 4.69. The molecule has 1 aromatic carbocycles. The van der Waals surface area contributed by atoms with E-state index in [1.54, 1.807) is 18.2 Å². The smallest absolute Gasteiger partial charge is 0.254 e. The summed E-state index contributed by atoms with van der Waals surface area (Å²) in [7, 11) is 0. The van der Waals surface area contributed by atoms with Crippen molar-refractivity contribution in [2.75, 3.05) is 19.8 Å². The van der Waals surface area contributed by atoms with Crippen molar-refractivity contribution in [2.24, 2.45) is 0 Å². The Morgan fingerprint density at radius 1 is 1.39 bits per heavy atom. The fourth-order valence-corrected chi connectivity index (χ4v) is 1.86. The first-order chi connectivity index (χ1) is 8.52. The minimum atomic E-state index is -0.301. The van der Waals surface area contributed by atoms with E-state index in [-0.39, 0.29) is 5.91 Å². The van der Waals surface area contributed by atoms with Crippen molar-refractivity contribution in [3.63, 3.8) is 0 Å². The maximum atomic E-state index is 11.8. The summed E-state index contributed by atoms with van der Waals surface area (Å²) in [5, 5.41) is 3.36. The van der Waals surface area contributed by atoms with Crippen molar-refractivity contribution in [2.45, 2.75) is 6.92 Å². The van der Waals surface area contributed by atoms with E-state index < -0.39 is 0 Å². The number of hydrogen-bond donors (Lipinski definition) is 1. The second kappa shape index (κ2) is 7.41. The molecule has 0 bridgehead atoms. The van der Waals surface area contributed by atoms with E-state index in [1.807, 2.05) is 6.92 Å². The molecule has 0 unspecified atom stereocenters. The number of carbonyl (C=O) groups is 1. The number of nitrogens with one attached hydrogen (secondary N) is 1. The van der Waals surface area contributed by atoms with Crippen LogP contribution in [0, 0.1) is 0 Å². The van der Waals surface area contributed by atoms with Gasteiger partial charge in [0.15, 0.2) is 0 Å². The van der Waals surface area contributed by atoms with Gasteiger partial charge in [-0.3, -0.25) is 4.79 Å². The monoisotopic (exact) mass is 287 g/mol. The lowest BCUT2D eigenvalue weighted by Crippen LogP contribution is -2.27. The molecule has 0 aromatic heterocycles. The van der Waals surface area contributed by atoms with Crippen molar-refractivity contribution in [3.05, 3.63) is 46.0 Å². The molecule has 0 aliphatic carbocycles. The van der Waals surface area contributed by atoms with Gasteiger partial charge in [0.1, 0.15) is 0 Å². The van der Waals surface area contributed by atoms with E-state index in [2.05, 4.69) is 11.9 Å². The molecule has 98 valence electrons. The Morgan fingerprint density at radius 3 is 2.56 bits per heavy atom. The molecular formula is C13H15Cl2NO2. The van der Waals surface area contributed by atoms with E-state index in [0.717, 1.165) is 5.57 Å². The molecule has 0 saturated heterocycles. The lowest BCUT2D eigenvalue weighted by Gasteiger charge is -2.08. The molecule has 1 rings (SSSR count). The van der Waals surface area contributed by atoms with Gasteiger partial charge in [0.05, 0.1) is 28.8 Å². The van der Waals surface area contributed by atoms with Gasteiger partial charge in [0.2, 0.25) is 0 Å². The molecule has 18 heavy (non-hydrogen) atoms. The Morgan fingerprint density at radius 2 is 2.00 bits per heavy atom. The zero-order valence-electron chi connectivity index (χ0n) is 10.1. The largest absolute Gasteiger partial charge is 0.375 e. The maximum Gasteiger partial charge on any atom is 0.254 e. The summed E-state index contributed by atoms with van der Waals surface area (Å²) in [5.74, 6) is -0.301. The third-order valence-corrected chi connectivity index (χ3v) is 2.70. The van der Waals surface area contributed by atoms with Crippen LogP contribution in [0.5, 0.6) is 0 Å². The fraction of sp³-hybridized carbons (Fsp3) is 0.308. The maximum absolute atomic E-state index is 11.8. The summed E-state index contributed by atoms with van der Waals surface area (Å²) in [4.78, 5) is 11.8. The third-order valence-electron chi connectivity index (χ3n) is 2.07. The van der Waals surface area contributed by atoms with Gasteiger partial charge in [-0.05, 0) is 19.1 Å². The van der Waals surface area contributed by atoms with E-state index in [9.17, 15) is 4.79 Å². The van der Waals surface area contributed by atoms with Crippen LogP contribution in [-0.2, 0) is 4.74 Å². The van der Waals surface area contributed by atoms with Crippen molar-refractivity contribution < 1.29 is 9.53 Å². The number of amides is 1. The number of carbonyl (C=O) groups excluding carboxylic acids is 1. The molecule has 5 heteroatoms. The number of hydrogen-bond acceptors (Lipinski definition) is 2. The Balaban J connectivity index is 2.44. The summed E-state index contributed by atoms with van der Waals surface area (Å²) in [6.07, 6.45) is 0. The van der Waals surface area contributed by atoms with Crippen molar-refractivity contribution in [3.8, 4) is 0 Å². The Bertz CT molecular complexity index is 426. The van der Waals surface area contributed by atoms with Crippen LogP contribution < -0.4 is 5.32 Å². The Hall–Kier alpha value is -1.03. The first-order valence-corrected chi connectivity index (χ1v) is 6.22. The van der Waals surface area contributed by atoms with Gasteiger partial charge in [-0.25, -0.2) is 0 Å². The van der Waals surface area contributed by atoms with Crippen molar-refractivity contribution >= 4 is 29.1 Å². The summed E-state index contributed by atoms with van der Waals surface area (Å²) >= 11 is 11.8. The SMILES string of the molecule is C=C(C)COCCNC(=O)c1c(Cl)cccc1Cl. The van der Waals surface area contributed by atoms with E-state index in [1.165, 1.54) is 0 Å². The quantitative estimate of drug-likeness (QED) is 0.644. The molecule has 0 saturated carbocycles. The molecule has 3 nitrogen and oxygen atoms in total. The van der Waals surface area contributed by atoms with Crippen LogP contribution in [0.1, 0.15) is 17.3 Å². The summed E-state index contributed by atoms with van der Waals surface area (Å²) in [6, 6.07) is 4.94. The second-order valence-corrected chi connectivity index (χ2v) is 4.68. The van der Waals surface area contributed by atoms with Crippen LogP contribution in [0.2, 0.25) is 10.0 Å². The molecule has 0 aliphatic rings. The molecular weight excluding hydrogens is 273 g/mol. The number of halogens is 2. The van der Waals surface area contributed by atoms with Crippen LogP contribution in [0.4, 0.5) is 0 Å². The molecule has 0 fully saturated rings. The Kier molecular flexibility index (Phi) is 6.19. The van der Waals surface area contributed by atoms with Gasteiger partial charge >= 0.3 is 0 Å². The summed E-state index contributed by atoms with van der Waals surface area (Å²) in [5.41, 5.74) is 1.23. The lowest BCUT2D eigenvalue weighted by atomic mass is 10.2. The minimum absolute atomic E-state index is 0.292. The highest BCUT2D eigenvalue weighted by Crippen LogP contribution is 2.23. The molecule has 0 aliphatic heterocycles. The van der Waals surface area contributed by atoms with Gasteiger partial charge < -0.3 is 10.1 Å². The minimum Gasteiger partial charge on any atom is -0.375 e. The van der Waals surface area contributed by atoms with E-state index >= 15 is 0 Å². The van der Waals surface area contributed by atoms with Crippen LogP contribution in [0.3, 0.4) is 0 Å². The van der Waals surface area contributed by atoms with E-state index in [0.29, 0.717) is 35.4 Å². The second-order valence-electron chi connectivity index (χ2n) is 3.86. The highest BCUT2D eigenvalue weighted by Gasteiger charge is 2.13. The van der Waals surface area contributed by atoms with E-state index in [4.69, 9.17) is 27.9 Å². The fourth-order valence-electron chi connectivity index (χ4n) is 1.29. The molecule has 1 aromatic rings. The molecule has 0 heterocycles. The van der Waals surface area contributed by atoms with Crippen LogP contribution >= 0.6 is 23.2 Å². The molecule has 0 atom stereocenters. The van der Waals surface area contributed by atoms with Gasteiger partial charge in [0, 0.05) is 6.54 Å². The van der Waals surface area contributed by atoms with Crippen molar-refractivity contribution in [1.82, 2.24) is 5.32 Å². The zero-order chi connectivity index (χ0) is 13.5. The van der Waals surface area contributed by atoms with Gasteiger partial charge in [-0.15, -0.1) is 0 Å². The number of rotatable bonds is 6. The van der Waals surface area contributed by atoms with Crippen LogP contribution in [-0.4, -0.2) is 25.7 Å². The first kappa shape index (κ1) is 15.0. The number of benzene rings is 1. The molecule has 0 spiro atoms.